The van der Waals surface area contributed by atoms with Crippen molar-refractivity contribution in [3.63, 3.8) is 0 Å². The van der Waals surface area contributed by atoms with E-state index < -0.39 is 10.8 Å². The molecule has 0 radical (unpaired) electrons. The van der Waals surface area contributed by atoms with E-state index in [0.717, 1.165) is 32.4 Å². The maximum absolute atomic E-state index is 12.1. The molecule has 0 saturated carbocycles. The Morgan fingerprint density at radius 1 is 1.47 bits per heavy atom. The molecule has 17 heavy (non-hydrogen) atoms. The Hall–Kier alpha value is -0.420. The lowest BCUT2D eigenvalue weighted by Gasteiger charge is -2.32. The van der Waals surface area contributed by atoms with Crippen molar-refractivity contribution >= 4 is 16.7 Å². The maximum Gasteiger partial charge on any atom is 0.239 e. The summed E-state index contributed by atoms with van der Waals surface area (Å²) >= 11 is 0. The molecule has 1 amide bonds. The van der Waals surface area contributed by atoms with Crippen LogP contribution in [-0.4, -0.2) is 52.2 Å². The molecule has 2 unspecified atom stereocenters. The van der Waals surface area contributed by atoms with E-state index in [0.29, 0.717) is 18.1 Å². The quantitative estimate of drug-likeness (QED) is 0.735. The Morgan fingerprint density at radius 2 is 2.24 bits per heavy atom. The van der Waals surface area contributed by atoms with E-state index in [1.165, 1.54) is 0 Å². The first-order valence-corrected chi connectivity index (χ1v) is 8.05. The van der Waals surface area contributed by atoms with Crippen LogP contribution < -0.4 is 5.32 Å². The number of carbonyl (C=O) groups excluding carboxylic acids is 1. The summed E-state index contributed by atoms with van der Waals surface area (Å²) in [6, 6.07) is -0.0150. The molecule has 0 aliphatic carbocycles. The number of nitrogens with zero attached hydrogens (tertiary/aromatic N) is 1. The zero-order chi connectivity index (χ0) is 12.7. The average molecular weight is 260 g/mol. The fraction of sp³-hybridized carbons (Fsp3) is 0.917. The lowest BCUT2D eigenvalue weighted by Crippen LogP contribution is -2.51. The van der Waals surface area contributed by atoms with Crippen molar-refractivity contribution in [1.29, 1.82) is 0 Å². The zero-order valence-electron chi connectivity index (χ0n) is 10.9. The molecule has 4 nitrogen and oxygen atoms in total. The van der Waals surface area contributed by atoms with E-state index in [1.54, 1.807) is 0 Å². The Bertz CT molecular complexity index is 271. The van der Waals surface area contributed by atoms with Gasteiger partial charge in [0, 0.05) is 35.4 Å². The second-order valence-corrected chi connectivity index (χ2v) is 6.27. The standard InChI is InChI=1S/C12H24N2O2S/c1-3-7-13-11-6-5-8-14(12(11)15)9-10-17(16)4-2/h11,13H,3-10H2,1-2H3. The number of hydrogen-bond acceptors (Lipinski definition) is 3. The van der Waals surface area contributed by atoms with Gasteiger partial charge in [-0.3, -0.25) is 9.00 Å². The molecule has 0 aromatic rings. The summed E-state index contributed by atoms with van der Waals surface area (Å²) in [5, 5.41) is 3.29. The summed E-state index contributed by atoms with van der Waals surface area (Å²) in [7, 11) is -0.774. The van der Waals surface area contributed by atoms with Gasteiger partial charge in [-0.05, 0) is 25.8 Å². The summed E-state index contributed by atoms with van der Waals surface area (Å²) in [5.74, 6) is 1.49. The van der Waals surface area contributed by atoms with Gasteiger partial charge in [0.1, 0.15) is 0 Å². The van der Waals surface area contributed by atoms with Crippen LogP contribution in [0, 0.1) is 0 Å². The van der Waals surface area contributed by atoms with Crippen molar-refractivity contribution < 1.29 is 9.00 Å². The molecule has 1 aliphatic rings. The minimum Gasteiger partial charge on any atom is -0.340 e. The first-order valence-electron chi connectivity index (χ1n) is 6.56. The van der Waals surface area contributed by atoms with Crippen molar-refractivity contribution in [1.82, 2.24) is 10.2 Å². The Labute approximate surface area is 107 Å². The smallest absolute Gasteiger partial charge is 0.239 e. The second kappa shape index (κ2) is 7.82. The van der Waals surface area contributed by atoms with Crippen LogP contribution in [0.5, 0.6) is 0 Å². The average Bonchev–Trinajstić information content (AvgIpc) is 2.35. The Morgan fingerprint density at radius 3 is 2.88 bits per heavy atom. The molecular weight excluding hydrogens is 236 g/mol. The van der Waals surface area contributed by atoms with E-state index >= 15 is 0 Å². The summed E-state index contributed by atoms with van der Waals surface area (Å²) in [6.07, 6.45) is 3.03. The number of rotatable bonds is 7. The number of carbonyl (C=O) groups is 1. The van der Waals surface area contributed by atoms with Gasteiger partial charge < -0.3 is 10.2 Å². The molecule has 1 heterocycles. The number of amides is 1. The van der Waals surface area contributed by atoms with Crippen LogP contribution in [0.3, 0.4) is 0 Å². The predicted molar refractivity (Wildman–Crippen MR) is 71.4 cm³/mol. The highest BCUT2D eigenvalue weighted by Gasteiger charge is 2.27. The molecule has 0 aromatic carbocycles. The van der Waals surface area contributed by atoms with E-state index in [1.807, 2.05) is 11.8 Å². The lowest BCUT2D eigenvalue weighted by atomic mass is 10.0. The van der Waals surface area contributed by atoms with E-state index in [4.69, 9.17) is 0 Å². The monoisotopic (exact) mass is 260 g/mol. The van der Waals surface area contributed by atoms with Crippen molar-refractivity contribution in [2.24, 2.45) is 0 Å². The van der Waals surface area contributed by atoms with Crippen LogP contribution in [0.15, 0.2) is 0 Å². The summed E-state index contributed by atoms with van der Waals surface area (Å²) < 4.78 is 11.4. The van der Waals surface area contributed by atoms with E-state index in [2.05, 4.69) is 12.2 Å². The fourth-order valence-corrected chi connectivity index (χ4v) is 2.74. The van der Waals surface area contributed by atoms with Crippen LogP contribution in [0.1, 0.15) is 33.1 Å². The first-order chi connectivity index (χ1) is 8.19. The highest BCUT2D eigenvalue weighted by atomic mass is 32.2. The first kappa shape index (κ1) is 14.6. The minimum absolute atomic E-state index is 0.0150. The van der Waals surface area contributed by atoms with E-state index in [9.17, 15) is 9.00 Å². The SMILES string of the molecule is CCCNC1CCCN(CCS(=O)CC)C1=O. The van der Waals surface area contributed by atoms with Gasteiger partial charge in [-0.15, -0.1) is 0 Å². The number of nitrogens with one attached hydrogen (secondary N) is 1. The number of piperidine rings is 1. The van der Waals surface area contributed by atoms with Gasteiger partial charge in [-0.1, -0.05) is 13.8 Å². The number of likely N-dealkylation sites (tertiary alicyclic amines) is 1. The van der Waals surface area contributed by atoms with Gasteiger partial charge >= 0.3 is 0 Å². The van der Waals surface area contributed by atoms with Gasteiger partial charge in [-0.2, -0.15) is 0 Å². The fourth-order valence-electron chi connectivity index (χ4n) is 2.03. The van der Waals surface area contributed by atoms with Gasteiger partial charge in [0.25, 0.3) is 0 Å². The maximum atomic E-state index is 12.1. The zero-order valence-corrected chi connectivity index (χ0v) is 11.7. The van der Waals surface area contributed by atoms with Crippen LogP contribution in [0.25, 0.3) is 0 Å². The minimum atomic E-state index is -0.774. The summed E-state index contributed by atoms with van der Waals surface area (Å²) in [6.45, 7) is 6.38. The topological polar surface area (TPSA) is 49.4 Å². The Balaban J connectivity index is 2.39. The lowest BCUT2D eigenvalue weighted by molar-refractivity contribution is -0.135. The highest BCUT2D eigenvalue weighted by Crippen LogP contribution is 2.11. The van der Waals surface area contributed by atoms with Crippen molar-refractivity contribution in [3.8, 4) is 0 Å². The highest BCUT2D eigenvalue weighted by molar-refractivity contribution is 7.84. The Kier molecular flexibility index (Phi) is 6.73. The van der Waals surface area contributed by atoms with Crippen molar-refractivity contribution in [2.75, 3.05) is 31.1 Å². The molecule has 0 bridgehead atoms. The van der Waals surface area contributed by atoms with Crippen LogP contribution in [0.2, 0.25) is 0 Å². The van der Waals surface area contributed by atoms with Crippen LogP contribution in [-0.2, 0) is 15.6 Å². The molecule has 1 fully saturated rings. The molecule has 0 spiro atoms. The third kappa shape index (κ3) is 4.76. The molecule has 1 N–H and O–H groups in total. The summed E-state index contributed by atoms with van der Waals surface area (Å²) in [5.41, 5.74) is 0. The molecule has 2 atom stereocenters. The third-order valence-corrected chi connectivity index (χ3v) is 4.36. The normalized spacial score (nSPS) is 22.8. The molecule has 5 heteroatoms. The number of hydrogen-bond donors (Lipinski definition) is 1. The second-order valence-electron chi connectivity index (χ2n) is 4.41. The van der Waals surface area contributed by atoms with Crippen molar-refractivity contribution in [3.05, 3.63) is 0 Å². The van der Waals surface area contributed by atoms with Crippen molar-refractivity contribution in [2.45, 2.75) is 39.2 Å². The van der Waals surface area contributed by atoms with Crippen LogP contribution in [0.4, 0.5) is 0 Å². The molecule has 0 aromatic heterocycles. The molecule has 1 saturated heterocycles. The molecule has 1 rings (SSSR count). The van der Waals surface area contributed by atoms with E-state index in [-0.39, 0.29) is 11.9 Å². The largest absolute Gasteiger partial charge is 0.340 e. The van der Waals surface area contributed by atoms with Gasteiger partial charge in [-0.25, -0.2) is 0 Å². The van der Waals surface area contributed by atoms with Gasteiger partial charge in [0.15, 0.2) is 0 Å². The summed E-state index contributed by atoms with van der Waals surface area (Å²) in [4.78, 5) is 14.0. The van der Waals surface area contributed by atoms with Gasteiger partial charge in [0.2, 0.25) is 5.91 Å². The third-order valence-electron chi connectivity index (χ3n) is 3.08. The van der Waals surface area contributed by atoms with Gasteiger partial charge in [0.05, 0.1) is 6.04 Å². The predicted octanol–water partition coefficient (Wildman–Crippen LogP) is 0.746. The van der Waals surface area contributed by atoms with Crippen LogP contribution >= 0.6 is 0 Å². The molecule has 1 aliphatic heterocycles. The molecular formula is C12H24N2O2S. The molecule has 100 valence electrons.